The van der Waals surface area contributed by atoms with Gasteiger partial charge in [0.2, 0.25) is 5.91 Å². The molecule has 2 heteroatoms. The molecule has 0 radical (unpaired) electrons. The number of amides is 1. The van der Waals surface area contributed by atoms with Crippen molar-refractivity contribution in [1.82, 2.24) is 0 Å². The van der Waals surface area contributed by atoms with Crippen LogP contribution in [0.4, 0.5) is 5.69 Å². The lowest BCUT2D eigenvalue weighted by atomic mass is 9.68. The summed E-state index contributed by atoms with van der Waals surface area (Å²) in [5.41, 5.74) is 2.04. The molecule has 1 aromatic carbocycles. The van der Waals surface area contributed by atoms with Crippen molar-refractivity contribution in [3.63, 3.8) is 0 Å². The zero-order chi connectivity index (χ0) is 13.0. The molecule has 1 heterocycles. The maximum atomic E-state index is 12.6. The number of rotatable bonds is 0. The van der Waals surface area contributed by atoms with E-state index >= 15 is 0 Å². The third-order valence-electron chi connectivity index (χ3n) is 4.42. The number of anilines is 1. The second kappa shape index (κ2) is 3.47. The smallest absolute Gasteiger partial charge is 0.241 e. The number of fused-ring (bicyclic) bond motifs is 2. The first-order valence-corrected chi connectivity index (χ1v) is 6.54. The molecule has 0 bridgehead atoms. The lowest BCUT2D eigenvalue weighted by Gasteiger charge is -2.34. The molecule has 3 rings (SSSR count). The molecule has 1 amide bonds. The molecule has 1 aliphatic carbocycles. The normalized spacial score (nSPS) is 28.8. The molecular weight excluding hydrogens is 222 g/mol. The van der Waals surface area contributed by atoms with Gasteiger partial charge in [0.15, 0.2) is 0 Å². The molecule has 0 saturated heterocycles. The van der Waals surface area contributed by atoms with Crippen LogP contribution >= 0.6 is 0 Å². The first-order chi connectivity index (χ1) is 8.46. The summed E-state index contributed by atoms with van der Waals surface area (Å²) in [7, 11) is 1.88. The Morgan fingerprint density at radius 3 is 2.50 bits per heavy atom. The van der Waals surface area contributed by atoms with Gasteiger partial charge in [-0.05, 0) is 29.9 Å². The Morgan fingerprint density at radius 2 is 1.83 bits per heavy atom. The Labute approximate surface area is 108 Å². The summed E-state index contributed by atoms with van der Waals surface area (Å²) in [6.45, 7) is 4.46. The van der Waals surface area contributed by atoms with Gasteiger partial charge in [-0.3, -0.25) is 4.79 Å². The summed E-state index contributed by atoms with van der Waals surface area (Å²) in [5.74, 6) is 0.218. The Bertz CT molecular complexity index is 544. The zero-order valence-corrected chi connectivity index (χ0v) is 11.2. The number of para-hydroxylation sites is 1. The summed E-state index contributed by atoms with van der Waals surface area (Å²) >= 11 is 0. The standard InChI is InChI=1S/C16H19NO/c1-15(2)8-10-16(11-9-15)12-6-4-5-7-13(12)17(3)14(16)18/h4-8,10H,9,11H2,1-3H3/t16-/m0/s1. The van der Waals surface area contributed by atoms with Crippen molar-refractivity contribution in [2.24, 2.45) is 5.41 Å². The Kier molecular flexibility index (Phi) is 2.22. The van der Waals surface area contributed by atoms with Crippen LogP contribution in [0.15, 0.2) is 36.4 Å². The number of carbonyl (C=O) groups is 1. The van der Waals surface area contributed by atoms with E-state index in [-0.39, 0.29) is 11.3 Å². The molecule has 1 aliphatic heterocycles. The van der Waals surface area contributed by atoms with E-state index in [1.54, 1.807) is 4.90 Å². The molecule has 0 fully saturated rings. The summed E-state index contributed by atoms with van der Waals surface area (Å²) < 4.78 is 0. The third kappa shape index (κ3) is 1.38. The molecule has 18 heavy (non-hydrogen) atoms. The first-order valence-electron chi connectivity index (χ1n) is 6.54. The number of nitrogens with zero attached hydrogens (tertiary/aromatic N) is 1. The van der Waals surface area contributed by atoms with Crippen molar-refractivity contribution in [1.29, 1.82) is 0 Å². The van der Waals surface area contributed by atoms with Gasteiger partial charge in [0.1, 0.15) is 0 Å². The molecule has 0 saturated carbocycles. The molecule has 94 valence electrons. The van der Waals surface area contributed by atoms with Crippen LogP contribution in [-0.4, -0.2) is 13.0 Å². The summed E-state index contributed by atoms with van der Waals surface area (Å²) in [5, 5.41) is 0. The minimum Gasteiger partial charge on any atom is -0.314 e. The van der Waals surface area contributed by atoms with Crippen LogP contribution in [0.25, 0.3) is 0 Å². The first kappa shape index (κ1) is 11.5. The van der Waals surface area contributed by atoms with Gasteiger partial charge >= 0.3 is 0 Å². The molecule has 0 aromatic heterocycles. The van der Waals surface area contributed by atoms with E-state index in [0.29, 0.717) is 0 Å². The number of allylic oxidation sites excluding steroid dienone is 1. The molecule has 0 unspecified atom stereocenters. The highest BCUT2D eigenvalue weighted by Crippen LogP contribution is 2.49. The summed E-state index contributed by atoms with van der Waals surface area (Å²) in [6, 6.07) is 8.16. The Hall–Kier alpha value is -1.57. The van der Waals surface area contributed by atoms with Gasteiger partial charge < -0.3 is 4.90 Å². The number of hydrogen-bond acceptors (Lipinski definition) is 1. The maximum absolute atomic E-state index is 12.6. The third-order valence-corrected chi connectivity index (χ3v) is 4.42. The van der Waals surface area contributed by atoms with Crippen molar-refractivity contribution >= 4 is 11.6 Å². The second-order valence-corrected chi connectivity index (χ2v) is 6.17. The highest BCUT2D eigenvalue weighted by Gasteiger charge is 2.49. The largest absolute Gasteiger partial charge is 0.314 e. The highest BCUT2D eigenvalue weighted by molar-refractivity contribution is 6.09. The Morgan fingerprint density at radius 1 is 1.11 bits per heavy atom. The van der Waals surface area contributed by atoms with Gasteiger partial charge in [-0.2, -0.15) is 0 Å². The van der Waals surface area contributed by atoms with E-state index in [2.05, 4.69) is 32.1 Å². The van der Waals surface area contributed by atoms with E-state index in [9.17, 15) is 4.79 Å². The zero-order valence-electron chi connectivity index (χ0n) is 11.2. The van der Waals surface area contributed by atoms with Gasteiger partial charge in [0.05, 0.1) is 5.41 Å². The van der Waals surface area contributed by atoms with Crippen molar-refractivity contribution < 1.29 is 4.79 Å². The SMILES string of the molecule is CN1C(=O)[C@]2(C=CC(C)(C)CC2)c2ccccc21. The summed E-state index contributed by atoms with van der Waals surface area (Å²) in [6.07, 6.45) is 6.32. The van der Waals surface area contributed by atoms with Crippen LogP contribution in [-0.2, 0) is 10.2 Å². The molecule has 1 aromatic rings. The highest BCUT2D eigenvalue weighted by atomic mass is 16.2. The average Bonchev–Trinajstić information content (AvgIpc) is 2.57. The van der Waals surface area contributed by atoms with Crippen LogP contribution < -0.4 is 4.90 Å². The fourth-order valence-corrected chi connectivity index (χ4v) is 3.12. The minimum atomic E-state index is -0.402. The van der Waals surface area contributed by atoms with Gasteiger partial charge in [-0.25, -0.2) is 0 Å². The van der Waals surface area contributed by atoms with Gasteiger partial charge in [-0.1, -0.05) is 44.2 Å². The Balaban J connectivity index is 2.17. The number of likely N-dealkylation sites (N-methyl/N-ethyl adjacent to an activating group) is 1. The van der Waals surface area contributed by atoms with Crippen LogP contribution in [0.1, 0.15) is 32.3 Å². The number of hydrogen-bond donors (Lipinski definition) is 0. The van der Waals surface area contributed by atoms with Crippen LogP contribution in [0, 0.1) is 5.41 Å². The van der Waals surface area contributed by atoms with E-state index in [4.69, 9.17) is 0 Å². The van der Waals surface area contributed by atoms with Crippen molar-refractivity contribution in [3.05, 3.63) is 42.0 Å². The lowest BCUT2D eigenvalue weighted by molar-refractivity contribution is -0.121. The van der Waals surface area contributed by atoms with E-state index in [1.807, 2.05) is 25.2 Å². The van der Waals surface area contributed by atoms with E-state index in [1.165, 1.54) is 5.56 Å². The van der Waals surface area contributed by atoms with Crippen LogP contribution in [0.2, 0.25) is 0 Å². The number of carbonyl (C=O) groups excluding carboxylic acids is 1. The quantitative estimate of drug-likeness (QED) is 0.638. The van der Waals surface area contributed by atoms with Crippen molar-refractivity contribution in [3.8, 4) is 0 Å². The fourth-order valence-electron chi connectivity index (χ4n) is 3.12. The molecule has 0 N–H and O–H groups in total. The lowest BCUT2D eigenvalue weighted by Crippen LogP contribution is -2.40. The predicted molar refractivity (Wildman–Crippen MR) is 73.7 cm³/mol. The minimum absolute atomic E-state index is 0.210. The van der Waals surface area contributed by atoms with Crippen molar-refractivity contribution in [2.75, 3.05) is 11.9 Å². The average molecular weight is 241 g/mol. The summed E-state index contributed by atoms with van der Waals surface area (Å²) in [4.78, 5) is 14.4. The molecule has 1 atom stereocenters. The van der Waals surface area contributed by atoms with Gasteiger partial charge in [0.25, 0.3) is 0 Å². The van der Waals surface area contributed by atoms with Crippen LogP contribution in [0.3, 0.4) is 0 Å². The monoisotopic (exact) mass is 241 g/mol. The van der Waals surface area contributed by atoms with E-state index < -0.39 is 5.41 Å². The maximum Gasteiger partial charge on any atom is 0.241 e. The van der Waals surface area contributed by atoms with Crippen molar-refractivity contribution in [2.45, 2.75) is 32.1 Å². The second-order valence-electron chi connectivity index (χ2n) is 6.17. The fraction of sp³-hybridized carbons (Fsp3) is 0.438. The molecule has 1 spiro atoms. The molecule has 2 nitrogen and oxygen atoms in total. The van der Waals surface area contributed by atoms with Crippen LogP contribution in [0.5, 0.6) is 0 Å². The molecule has 2 aliphatic rings. The predicted octanol–water partition coefficient (Wildman–Crippen LogP) is 3.28. The molecular formula is C16H19NO. The van der Waals surface area contributed by atoms with Gasteiger partial charge in [-0.15, -0.1) is 0 Å². The topological polar surface area (TPSA) is 20.3 Å². The van der Waals surface area contributed by atoms with E-state index in [0.717, 1.165) is 18.5 Å². The number of benzene rings is 1. The van der Waals surface area contributed by atoms with Gasteiger partial charge in [0, 0.05) is 12.7 Å².